The number of aryl methyl sites for hydroxylation is 1. The predicted octanol–water partition coefficient (Wildman–Crippen LogP) is 1.81. The number of imidazole rings is 1. The summed E-state index contributed by atoms with van der Waals surface area (Å²) in [6, 6.07) is 5.58. The number of hydrogen-bond donors (Lipinski definition) is 1. The van der Waals surface area contributed by atoms with Crippen LogP contribution in [0.2, 0.25) is 0 Å². The summed E-state index contributed by atoms with van der Waals surface area (Å²) in [6.45, 7) is 3.47. The van der Waals surface area contributed by atoms with E-state index < -0.39 is 0 Å². The lowest BCUT2D eigenvalue weighted by atomic mass is 10.1. The number of ether oxygens (including phenoxy) is 1. The second-order valence-electron chi connectivity index (χ2n) is 5.86. The van der Waals surface area contributed by atoms with Crippen LogP contribution >= 0.6 is 0 Å². The molecule has 1 N–H and O–H groups in total. The molecule has 0 unspecified atom stereocenters. The van der Waals surface area contributed by atoms with Crippen LogP contribution in [-0.4, -0.2) is 37.7 Å². The molecule has 2 atom stereocenters. The van der Waals surface area contributed by atoms with Crippen LogP contribution in [0.15, 0.2) is 43.0 Å². The molecule has 24 heavy (non-hydrogen) atoms. The number of nitrogens with zero attached hydrogens (tertiary/aromatic N) is 4. The van der Waals surface area contributed by atoms with Crippen molar-refractivity contribution in [2.45, 2.75) is 32.0 Å². The van der Waals surface area contributed by atoms with Gasteiger partial charge in [0.05, 0.1) is 18.4 Å². The number of carbonyl (C=O) groups is 1. The summed E-state index contributed by atoms with van der Waals surface area (Å²) in [5.74, 6) is -0.142. The van der Waals surface area contributed by atoms with Crippen LogP contribution in [0, 0.1) is 0 Å². The molecule has 0 radical (unpaired) electrons. The Labute approximate surface area is 139 Å². The van der Waals surface area contributed by atoms with Gasteiger partial charge in [-0.1, -0.05) is 6.07 Å². The van der Waals surface area contributed by atoms with E-state index in [4.69, 9.17) is 4.74 Å². The molecule has 1 aliphatic heterocycles. The molecule has 7 nitrogen and oxygen atoms in total. The van der Waals surface area contributed by atoms with Crippen molar-refractivity contribution < 1.29 is 9.53 Å². The number of aromatic nitrogens is 4. The van der Waals surface area contributed by atoms with Gasteiger partial charge in [-0.2, -0.15) is 5.10 Å². The Morgan fingerprint density at radius 1 is 1.42 bits per heavy atom. The highest BCUT2D eigenvalue weighted by Gasteiger charge is 2.32. The molecule has 4 rings (SSSR count). The average molecular weight is 325 g/mol. The lowest BCUT2D eigenvalue weighted by Crippen LogP contribution is -2.37. The van der Waals surface area contributed by atoms with Crippen LogP contribution in [0.5, 0.6) is 0 Å². The van der Waals surface area contributed by atoms with Gasteiger partial charge in [0.25, 0.3) is 5.91 Å². The van der Waals surface area contributed by atoms with Crippen LogP contribution in [0.4, 0.5) is 0 Å². The predicted molar refractivity (Wildman–Crippen MR) is 87.7 cm³/mol. The highest BCUT2D eigenvalue weighted by atomic mass is 16.5. The topological polar surface area (TPSA) is 73.5 Å². The van der Waals surface area contributed by atoms with E-state index in [1.807, 2.05) is 48.4 Å². The first kappa shape index (κ1) is 14.9. The minimum atomic E-state index is -0.159. The first-order valence-electron chi connectivity index (χ1n) is 8.13. The molecule has 1 fully saturated rings. The van der Waals surface area contributed by atoms with E-state index in [0.717, 1.165) is 24.2 Å². The maximum absolute atomic E-state index is 12.7. The van der Waals surface area contributed by atoms with Crippen molar-refractivity contribution >= 4 is 11.6 Å². The van der Waals surface area contributed by atoms with Gasteiger partial charge >= 0.3 is 0 Å². The molecule has 1 aliphatic rings. The molecule has 1 amide bonds. The summed E-state index contributed by atoms with van der Waals surface area (Å²) in [7, 11) is 0. The molecule has 0 aromatic carbocycles. The molecule has 124 valence electrons. The van der Waals surface area contributed by atoms with Crippen molar-refractivity contribution in [3.8, 4) is 0 Å². The summed E-state index contributed by atoms with van der Waals surface area (Å²) in [5, 5.41) is 7.38. The van der Waals surface area contributed by atoms with Crippen molar-refractivity contribution in [3.63, 3.8) is 0 Å². The van der Waals surface area contributed by atoms with E-state index in [2.05, 4.69) is 15.4 Å². The molecule has 3 aromatic heterocycles. The van der Waals surface area contributed by atoms with E-state index in [1.165, 1.54) is 0 Å². The Hall–Kier alpha value is -2.67. The number of hydrogen-bond acceptors (Lipinski definition) is 4. The van der Waals surface area contributed by atoms with E-state index in [0.29, 0.717) is 12.3 Å². The van der Waals surface area contributed by atoms with Gasteiger partial charge in [-0.3, -0.25) is 13.9 Å². The molecule has 1 saturated heterocycles. The molecule has 7 heteroatoms. The van der Waals surface area contributed by atoms with E-state index >= 15 is 0 Å². The molecule has 4 heterocycles. The Morgan fingerprint density at radius 2 is 2.33 bits per heavy atom. The van der Waals surface area contributed by atoms with Crippen molar-refractivity contribution in [2.75, 3.05) is 6.61 Å². The zero-order chi connectivity index (χ0) is 16.5. The molecule has 0 saturated carbocycles. The Balaban J connectivity index is 1.54. The second kappa shape index (κ2) is 6.09. The van der Waals surface area contributed by atoms with Crippen molar-refractivity contribution in [3.05, 3.63) is 54.2 Å². The molecular formula is C17H19N5O2. The third-order valence-corrected chi connectivity index (χ3v) is 4.36. The maximum Gasteiger partial charge on any atom is 0.270 e. The Kier molecular flexibility index (Phi) is 3.78. The van der Waals surface area contributed by atoms with Gasteiger partial charge in [0, 0.05) is 31.1 Å². The van der Waals surface area contributed by atoms with Crippen LogP contribution in [0.25, 0.3) is 5.65 Å². The number of carbonyl (C=O) groups excluding carboxylic acids is 1. The summed E-state index contributed by atoms with van der Waals surface area (Å²) < 4.78 is 9.47. The number of fused-ring (bicyclic) bond motifs is 1. The van der Waals surface area contributed by atoms with Gasteiger partial charge < -0.3 is 10.1 Å². The number of rotatable bonds is 4. The number of amides is 1. The smallest absolute Gasteiger partial charge is 0.270 e. The normalized spacial score (nSPS) is 20.5. The lowest BCUT2D eigenvalue weighted by Gasteiger charge is -2.18. The van der Waals surface area contributed by atoms with Gasteiger partial charge in [0.2, 0.25) is 0 Å². The molecule has 0 spiro atoms. The standard InChI is InChI=1S/C17H19N5O2/c1-2-21-11-12(9-19-21)16-13(6-8-24-16)20-17(23)14-10-18-15-5-3-4-7-22(14)15/h3-5,7,9-11,13,16H,2,6,8H2,1H3,(H,20,23)/t13-,16+/m0/s1. The van der Waals surface area contributed by atoms with Gasteiger partial charge in [-0.25, -0.2) is 4.98 Å². The fraction of sp³-hybridized carbons (Fsp3) is 0.353. The molecule has 0 bridgehead atoms. The van der Waals surface area contributed by atoms with E-state index in [9.17, 15) is 4.79 Å². The van der Waals surface area contributed by atoms with Crippen LogP contribution in [0.1, 0.15) is 35.5 Å². The highest BCUT2D eigenvalue weighted by molar-refractivity contribution is 5.93. The van der Waals surface area contributed by atoms with E-state index in [1.54, 1.807) is 10.6 Å². The lowest BCUT2D eigenvalue weighted by molar-refractivity contribution is 0.0817. The first-order chi connectivity index (χ1) is 11.8. The monoisotopic (exact) mass is 325 g/mol. The van der Waals surface area contributed by atoms with E-state index in [-0.39, 0.29) is 18.1 Å². The van der Waals surface area contributed by atoms with Crippen molar-refractivity contribution in [1.29, 1.82) is 0 Å². The molecule has 0 aliphatic carbocycles. The fourth-order valence-corrected chi connectivity index (χ4v) is 3.11. The van der Waals surface area contributed by atoms with Gasteiger partial charge in [0.15, 0.2) is 0 Å². The largest absolute Gasteiger partial charge is 0.371 e. The zero-order valence-corrected chi connectivity index (χ0v) is 13.4. The SMILES string of the molecule is CCn1cc([C@H]2OCC[C@@H]2NC(=O)c2cnc3ccccn23)cn1. The Bertz CT molecular complexity index is 869. The molecular weight excluding hydrogens is 306 g/mol. The zero-order valence-electron chi connectivity index (χ0n) is 13.4. The summed E-state index contributed by atoms with van der Waals surface area (Å²) in [6.07, 6.45) is 7.85. The molecule has 3 aromatic rings. The third-order valence-electron chi connectivity index (χ3n) is 4.36. The minimum absolute atomic E-state index is 0.0683. The van der Waals surface area contributed by atoms with Gasteiger partial charge in [-0.05, 0) is 25.5 Å². The summed E-state index contributed by atoms with van der Waals surface area (Å²) >= 11 is 0. The van der Waals surface area contributed by atoms with Crippen LogP contribution in [0.3, 0.4) is 0 Å². The van der Waals surface area contributed by atoms with Gasteiger partial charge in [0.1, 0.15) is 17.4 Å². The second-order valence-corrected chi connectivity index (χ2v) is 5.86. The van der Waals surface area contributed by atoms with Crippen molar-refractivity contribution in [1.82, 2.24) is 24.5 Å². The highest BCUT2D eigenvalue weighted by Crippen LogP contribution is 2.29. The van der Waals surface area contributed by atoms with Crippen LogP contribution in [-0.2, 0) is 11.3 Å². The van der Waals surface area contributed by atoms with Crippen LogP contribution < -0.4 is 5.32 Å². The quantitative estimate of drug-likeness (QED) is 0.794. The summed E-state index contributed by atoms with van der Waals surface area (Å²) in [4.78, 5) is 16.9. The van der Waals surface area contributed by atoms with Crippen molar-refractivity contribution in [2.24, 2.45) is 0 Å². The first-order valence-corrected chi connectivity index (χ1v) is 8.13. The fourth-order valence-electron chi connectivity index (χ4n) is 3.11. The maximum atomic E-state index is 12.7. The average Bonchev–Trinajstić information content (AvgIpc) is 3.33. The third kappa shape index (κ3) is 2.56. The summed E-state index contributed by atoms with van der Waals surface area (Å²) in [5.41, 5.74) is 2.28. The van der Waals surface area contributed by atoms with Gasteiger partial charge in [-0.15, -0.1) is 0 Å². The number of nitrogens with one attached hydrogen (secondary N) is 1. The minimum Gasteiger partial charge on any atom is -0.371 e. The number of pyridine rings is 1. The Morgan fingerprint density at radius 3 is 3.17 bits per heavy atom.